The van der Waals surface area contributed by atoms with Crippen molar-refractivity contribution in [2.75, 3.05) is 18.0 Å². The number of pyridine rings is 1. The number of halogens is 3. The first-order valence-corrected chi connectivity index (χ1v) is 7.23. The number of aryl methyl sites for hydroxylation is 2. The number of anilines is 1. The van der Waals surface area contributed by atoms with Crippen LogP contribution < -0.4 is 4.90 Å². The van der Waals surface area contributed by atoms with Crippen LogP contribution in [0.25, 0.3) is 0 Å². The summed E-state index contributed by atoms with van der Waals surface area (Å²) in [6.07, 6.45) is -1.09. The van der Waals surface area contributed by atoms with Gasteiger partial charge in [0.2, 0.25) is 0 Å². The van der Waals surface area contributed by atoms with E-state index in [4.69, 9.17) is 0 Å². The molecule has 1 fully saturated rings. The highest BCUT2D eigenvalue weighted by molar-refractivity contribution is 5.57. The molecule has 1 aliphatic heterocycles. The predicted octanol–water partition coefficient (Wildman–Crippen LogP) is 3.22. The maximum Gasteiger partial charge on any atom is 0.391 e. The van der Waals surface area contributed by atoms with Crippen molar-refractivity contribution in [2.24, 2.45) is 5.92 Å². The lowest BCUT2D eigenvalue weighted by Crippen LogP contribution is -2.39. The van der Waals surface area contributed by atoms with Gasteiger partial charge in [0.05, 0.1) is 11.5 Å². The van der Waals surface area contributed by atoms with Crippen LogP contribution in [0.3, 0.4) is 0 Å². The Labute approximate surface area is 121 Å². The monoisotopic (exact) mass is 295 g/mol. The SMILES string of the molecule is N#Cc1cc2c(nc1N1CCC(C(F)(F)F)CC1)CCC2. The van der Waals surface area contributed by atoms with Gasteiger partial charge in [-0.1, -0.05) is 0 Å². The molecule has 21 heavy (non-hydrogen) atoms. The molecule has 0 saturated carbocycles. The number of nitrogens with zero attached hydrogens (tertiary/aromatic N) is 3. The topological polar surface area (TPSA) is 39.9 Å². The zero-order valence-electron chi connectivity index (χ0n) is 11.6. The number of hydrogen-bond donors (Lipinski definition) is 0. The van der Waals surface area contributed by atoms with E-state index in [-0.39, 0.29) is 12.8 Å². The predicted molar refractivity (Wildman–Crippen MR) is 72.0 cm³/mol. The zero-order valence-corrected chi connectivity index (χ0v) is 11.6. The maximum absolute atomic E-state index is 12.7. The average molecular weight is 295 g/mol. The van der Waals surface area contributed by atoms with Gasteiger partial charge in [-0.2, -0.15) is 18.4 Å². The molecule has 1 aromatic heterocycles. The number of fused-ring (bicyclic) bond motifs is 1. The van der Waals surface area contributed by atoms with Gasteiger partial charge in [-0.05, 0) is 43.7 Å². The van der Waals surface area contributed by atoms with Gasteiger partial charge in [-0.25, -0.2) is 4.98 Å². The fourth-order valence-electron chi connectivity index (χ4n) is 3.20. The Morgan fingerprint density at radius 2 is 1.95 bits per heavy atom. The second-order valence-electron chi connectivity index (χ2n) is 5.73. The van der Waals surface area contributed by atoms with Crippen LogP contribution in [0.15, 0.2) is 6.07 Å². The summed E-state index contributed by atoms with van der Waals surface area (Å²) in [6, 6.07) is 4.00. The van der Waals surface area contributed by atoms with Crippen molar-refractivity contribution in [1.82, 2.24) is 4.98 Å². The van der Waals surface area contributed by atoms with Crippen molar-refractivity contribution in [2.45, 2.75) is 38.3 Å². The molecule has 1 aliphatic carbocycles. The zero-order chi connectivity index (χ0) is 15.0. The summed E-state index contributed by atoms with van der Waals surface area (Å²) < 4.78 is 38.1. The van der Waals surface area contributed by atoms with E-state index >= 15 is 0 Å². The van der Waals surface area contributed by atoms with E-state index in [2.05, 4.69) is 11.1 Å². The second kappa shape index (κ2) is 5.21. The van der Waals surface area contributed by atoms with Crippen molar-refractivity contribution in [3.63, 3.8) is 0 Å². The van der Waals surface area contributed by atoms with E-state index in [1.54, 1.807) is 0 Å². The molecular formula is C15H16F3N3. The van der Waals surface area contributed by atoms with Crippen LogP contribution in [0.4, 0.5) is 19.0 Å². The summed E-state index contributed by atoms with van der Waals surface area (Å²) in [5.41, 5.74) is 2.60. The number of alkyl halides is 3. The number of rotatable bonds is 1. The third-order valence-corrected chi connectivity index (χ3v) is 4.41. The molecule has 0 amide bonds. The summed E-state index contributed by atoms with van der Waals surface area (Å²) in [7, 11) is 0. The third-order valence-electron chi connectivity index (χ3n) is 4.41. The summed E-state index contributed by atoms with van der Waals surface area (Å²) in [5.74, 6) is -0.660. The summed E-state index contributed by atoms with van der Waals surface area (Å²) in [5, 5.41) is 9.26. The van der Waals surface area contributed by atoms with Crippen LogP contribution in [-0.2, 0) is 12.8 Å². The largest absolute Gasteiger partial charge is 0.391 e. The van der Waals surface area contributed by atoms with Gasteiger partial charge >= 0.3 is 6.18 Å². The lowest BCUT2D eigenvalue weighted by atomic mass is 9.96. The minimum absolute atomic E-state index is 0.0765. The van der Waals surface area contributed by atoms with E-state index in [1.807, 2.05) is 11.0 Å². The molecule has 112 valence electrons. The Hall–Kier alpha value is -1.77. The van der Waals surface area contributed by atoms with E-state index < -0.39 is 12.1 Å². The summed E-state index contributed by atoms with van der Waals surface area (Å²) in [4.78, 5) is 6.39. The molecule has 0 atom stereocenters. The molecule has 2 aliphatic rings. The molecule has 0 bridgehead atoms. The molecule has 0 aromatic carbocycles. The van der Waals surface area contributed by atoms with Crippen LogP contribution in [0.5, 0.6) is 0 Å². The van der Waals surface area contributed by atoms with Crippen LogP contribution in [0, 0.1) is 17.2 Å². The third kappa shape index (κ3) is 2.69. The van der Waals surface area contributed by atoms with Gasteiger partial charge in [0.25, 0.3) is 0 Å². The molecule has 1 saturated heterocycles. The molecule has 3 rings (SSSR count). The quantitative estimate of drug-likeness (QED) is 0.798. The minimum Gasteiger partial charge on any atom is -0.355 e. The van der Waals surface area contributed by atoms with E-state index in [9.17, 15) is 18.4 Å². The fourth-order valence-corrected chi connectivity index (χ4v) is 3.20. The minimum atomic E-state index is -4.12. The Kier molecular flexibility index (Phi) is 3.52. The van der Waals surface area contributed by atoms with Gasteiger partial charge in [-0.3, -0.25) is 0 Å². The molecular weight excluding hydrogens is 279 g/mol. The first-order valence-electron chi connectivity index (χ1n) is 7.23. The molecule has 2 heterocycles. The first-order chi connectivity index (χ1) is 9.99. The Morgan fingerprint density at radius 3 is 2.57 bits per heavy atom. The molecule has 0 spiro atoms. The number of hydrogen-bond acceptors (Lipinski definition) is 3. The lowest BCUT2D eigenvalue weighted by molar-refractivity contribution is -0.179. The highest BCUT2D eigenvalue weighted by atomic mass is 19.4. The molecule has 0 radical (unpaired) electrons. The van der Waals surface area contributed by atoms with E-state index in [0.29, 0.717) is 24.5 Å². The van der Waals surface area contributed by atoms with Gasteiger partial charge in [0.1, 0.15) is 11.9 Å². The summed E-state index contributed by atoms with van der Waals surface area (Å²) >= 11 is 0. The number of nitriles is 1. The molecule has 6 heteroatoms. The summed E-state index contributed by atoms with van der Waals surface area (Å²) in [6.45, 7) is 0.620. The Morgan fingerprint density at radius 1 is 1.24 bits per heavy atom. The highest BCUT2D eigenvalue weighted by Crippen LogP contribution is 2.36. The van der Waals surface area contributed by atoms with Crippen LogP contribution in [-0.4, -0.2) is 24.2 Å². The van der Waals surface area contributed by atoms with Crippen LogP contribution in [0.2, 0.25) is 0 Å². The number of piperidine rings is 1. The maximum atomic E-state index is 12.7. The second-order valence-corrected chi connectivity index (χ2v) is 5.73. The normalized spacial score (nSPS) is 19.4. The standard InChI is InChI=1S/C15H16F3N3/c16-15(17,18)12-4-6-21(7-5-12)14-11(9-19)8-10-2-1-3-13(10)20-14/h8,12H,1-7H2. The van der Waals surface area contributed by atoms with Gasteiger partial charge in [-0.15, -0.1) is 0 Å². The van der Waals surface area contributed by atoms with Crippen molar-refractivity contribution < 1.29 is 13.2 Å². The van der Waals surface area contributed by atoms with Gasteiger partial charge in [0.15, 0.2) is 0 Å². The Balaban J connectivity index is 1.81. The van der Waals surface area contributed by atoms with Crippen molar-refractivity contribution in [3.8, 4) is 6.07 Å². The molecule has 0 unspecified atom stereocenters. The number of aromatic nitrogens is 1. The molecule has 0 N–H and O–H groups in total. The smallest absolute Gasteiger partial charge is 0.355 e. The molecule has 1 aromatic rings. The van der Waals surface area contributed by atoms with Crippen molar-refractivity contribution >= 4 is 5.82 Å². The fraction of sp³-hybridized carbons (Fsp3) is 0.600. The van der Waals surface area contributed by atoms with Crippen molar-refractivity contribution in [3.05, 3.63) is 22.9 Å². The lowest BCUT2D eigenvalue weighted by Gasteiger charge is -2.34. The average Bonchev–Trinajstić information content (AvgIpc) is 2.92. The van der Waals surface area contributed by atoms with Gasteiger partial charge < -0.3 is 4.90 Å². The molecule has 3 nitrogen and oxygen atoms in total. The van der Waals surface area contributed by atoms with E-state index in [1.165, 1.54) is 0 Å². The first kappa shape index (κ1) is 14.2. The van der Waals surface area contributed by atoms with Gasteiger partial charge in [0, 0.05) is 18.8 Å². The van der Waals surface area contributed by atoms with Crippen molar-refractivity contribution in [1.29, 1.82) is 5.26 Å². The van der Waals surface area contributed by atoms with E-state index in [0.717, 1.165) is 30.5 Å². The Bertz CT molecular complexity index is 581. The van der Waals surface area contributed by atoms with Crippen LogP contribution in [0.1, 0.15) is 36.1 Å². The highest BCUT2D eigenvalue weighted by Gasteiger charge is 2.41. The van der Waals surface area contributed by atoms with Crippen LogP contribution >= 0.6 is 0 Å².